The van der Waals surface area contributed by atoms with Gasteiger partial charge in [-0.3, -0.25) is 9.78 Å². The molecule has 4 heterocycles. The molecule has 1 aliphatic heterocycles. The number of rotatable bonds is 3. The van der Waals surface area contributed by atoms with Crippen LogP contribution in [0.2, 0.25) is 5.02 Å². The first-order chi connectivity index (χ1) is 13.7. The molecule has 5 rings (SSSR count). The van der Waals surface area contributed by atoms with Gasteiger partial charge in [-0.15, -0.1) is 0 Å². The van der Waals surface area contributed by atoms with Crippen LogP contribution in [0.1, 0.15) is 12.8 Å². The maximum atomic E-state index is 11.9. The minimum atomic E-state index is 0.197. The van der Waals surface area contributed by atoms with E-state index >= 15 is 0 Å². The number of hydrogen-bond donors (Lipinski definition) is 1. The molecule has 0 unspecified atom stereocenters. The van der Waals surface area contributed by atoms with Crippen LogP contribution in [-0.2, 0) is 4.79 Å². The van der Waals surface area contributed by atoms with E-state index in [-0.39, 0.29) is 5.91 Å². The second-order valence-corrected chi connectivity index (χ2v) is 7.35. The highest BCUT2D eigenvalue weighted by molar-refractivity contribution is 6.31. The molecule has 1 aromatic carbocycles. The van der Waals surface area contributed by atoms with E-state index in [1.54, 1.807) is 6.20 Å². The van der Waals surface area contributed by atoms with Crippen molar-refractivity contribution in [1.29, 1.82) is 0 Å². The van der Waals surface area contributed by atoms with Crippen LogP contribution in [-0.4, -0.2) is 27.4 Å². The van der Waals surface area contributed by atoms with Gasteiger partial charge in [0.2, 0.25) is 5.91 Å². The first-order valence-electron chi connectivity index (χ1n) is 9.18. The molecule has 0 atom stereocenters. The standard InChI is InChI=1S/C22H17ClN4O/c23-17-9-19-20(13-26-22(19)25-12-17)16-8-15(10-24-11-16)14-3-5-18(6-4-14)27-7-1-2-21(27)28/h3-6,8-13H,1-2,7H2,(H,25,26). The minimum absolute atomic E-state index is 0.197. The smallest absolute Gasteiger partial charge is 0.227 e. The third kappa shape index (κ3) is 2.94. The molecule has 138 valence electrons. The van der Waals surface area contributed by atoms with E-state index < -0.39 is 0 Å². The Hall–Kier alpha value is -3.18. The van der Waals surface area contributed by atoms with Crippen molar-refractivity contribution < 1.29 is 4.79 Å². The number of hydrogen-bond acceptors (Lipinski definition) is 3. The molecule has 0 spiro atoms. The molecule has 28 heavy (non-hydrogen) atoms. The lowest BCUT2D eigenvalue weighted by Crippen LogP contribution is -2.23. The van der Waals surface area contributed by atoms with Crippen LogP contribution in [0.15, 0.2) is 61.2 Å². The number of nitrogens with one attached hydrogen (secondary N) is 1. The van der Waals surface area contributed by atoms with E-state index in [1.807, 2.05) is 53.8 Å². The van der Waals surface area contributed by atoms with Gasteiger partial charge in [0.25, 0.3) is 0 Å². The number of nitrogens with zero attached hydrogens (tertiary/aromatic N) is 3. The van der Waals surface area contributed by atoms with Gasteiger partial charge in [-0.2, -0.15) is 0 Å². The van der Waals surface area contributed by atoms with Crippen LogP contribution in [0, 0.1) is 0 Å². The normalized spacial score (nSPS) is 14.2. The zero-order chi connectivity index (χ0) is 19.1. The average Bonchev–Trinajstić information content (AvgIpc) is 3.34. The number of amides is 1. The SMILES string of the molecule is O=C1CCCN1c1ccc(-c2cncc(-c3c[nH]c4ncc(Cl)cc34)c2)cc1. The lowest BCUT2D eigenvalue weighted by molar-refractivity contribution is -0.117. The summed E-state index contributed by atoms with van der Waals surface area (Å²) in [5.41, 5.74) is 5.82. The van der Waals surface area contributed by atoms with Gasteiger partial charge < -0.3 is 9.88 Å². The van der Waals surface area contributed by atoms with Crippen LogP contribution in [0.4, 0.5) is 5.69 Å². The van der Waals surface area contributed by atoms with Crippen molar-refractivity contribution in [3.8, 4) is 22.3 Å². The Balaban J connectivity index is 1.50. The summed E-state index contributed by atoms with van der Waals surface area (Å²) >= 11 is 6.12. The van der Waals surface area contributed by atoms with E-state index in [0.29, 0.717) is 11.4 Å². The van der Waals surface area contributed by atoms with Crippen LogP contribution in [0.5, 0.6) is 0 Å². The molecule has 3 aromatic heterocycles. The summed E-state index contributed by atoms with van der Waals surface area (Å²) in [6.07, 6.45) is 8.81. The average molecular weight is 389 g/mol. The molecule has 0 radical (unpaired) electrons. The van der Waals surface area contributed by atoms with Gasteiger partial charge in [0, 0.05) is 65.5 Å². The summed E-state index contributed by atoms with van der Waals surface area (Å²) < 4.78 is 0. The maximum absolute atomic E-state index is 11.9. The fourth-order valence-corrected chi connectivity index (χ4v) is 3.87. The quantitative estimate of drug-likeness (QED) is 0.532. The number of aromatic amines is 1. The molecular formula is C22H17ClN4O. The van der Waals surface area contributed by atoms with Crippen molar-refractivity contribution in [1.82, 2.24) is 15.0 Å². The van der Waals surface area contributed by atoms with E-state index in [9.17, 15) is 4.79 Å². The van der Waals surface area contributed by atoms with Gasteiger partial charge in [0.1, 0.15) is 5.65 Å². The third-order valence-electron chi connectivity index (χ3n) is 5.13. The number of carbonyl (C=O) groups excluding carboxylic acids is 1. The molecule has 1 saturated heterocycles. The Bertz CT molecular complexity index is 1180. The Morgan fingerprint density at radius 3 is 2.61 bits per heavy atom. The second kappa shape index (κ2) is 6.77. The van der Waals surface area contributed by atoms with Crippen molar-refractivity contribution >= 4 is 34.2 Å². The van der Waals surface area contributed by atoms with Crippen LogP contribution < -0.4 is 4.90 Å². The van der Waals surface area contributed by atoms with Gasteiger partial charge in [-0.25, -0.2) is 4.98 Å². The minimum Gasteiger partial charge on any atom is -0.346 e. The number of pyridine rings is 2. The molecule has 1 aliphatic rings. The number of benzene rings is 1. The van der Waals surface area contributed by atoms with E-state index in [0.717, 1.165) is 51.9 Å². The lowest BCUT2D eigenvalue weighted by atomic mass is 10.0. The summed E-state index contributed by atoms with van der Waals surface area (Å²) in [7, 11) is 0. The van der Waals surface area contributed by atoms with Gasteiger partial charge in [-0.1, -0.05) is 23.7 Å². The number of anilines is 1. The molecule has 5 nitrogen and oxygen atoms in total. The Labute approximate surface area is 167 Å². The molecule has 1 amide bonds. The van der Waals surface area contributed by atoms with Crippen molar-refractivity contribution in [2.45, 2.75) is 12.8 Å². The molecule has 1 fully saturated rings. The van der Waals surface area contributed by atoms with Gasteiger partial charge in [0.05, 0.1) is 5.02 Å². The zero-order valence-electron chi connectivity index (χ0n) is 15.0. The maximum Gasteiger partial charge on any atom is 0.227 e. The van der Waals surface area contributed by atoms with Crippen molar-refractivity contribution in [2.24, 2.45) is 0 Å². The topological polar surface area (TPSA) is 61.9 Å². The van der Waals surface area contributed by atoms with Crippen molar-refractivity contribution in [3.05, 3.63) is 66.2 Å². The van der Waals surface area contributed by atoms with Crippen molar-refractivity contribution in [3.63, 3.8) is 0 Å². The monoisotopic (exact) mass is 388 g/mol. The van der Waals surface area contributed by atoms with E-state index in [1.165, 1.54) is 0 Å². The fourth-order valence-electron chi connectivity index (χ4n) is 3.72. The molecule has 0 saturated carbocycles. The predicted octanol–water partition coefficient (Wildman–Crippen LogP) is 5.07. The van der Waals surface area contributed by atoms with E-state index in [4.69, 9.17) is 11.6 Å². The number of aromatic nitrogens is 3. The molecule has 0 bridgehead atoms. The van der Waals surface area contributed by atoms with E-state index in [2.05, 4.69) is 21.0 Å². The third-order valence-corrected chi connectivity index (χ3v) is 5.34. The molecular weight excluding hydrogens is 372 g/mol. The van der Waals surface area contributed by atoms with Crippen LogP contribution in [0.3, 0.4) is 0 Å². The number of carbonyl (C=O) groups is 1. The van der Waals surface area contributed by atoms with Crippen LogP contribution in [0.25, 0.3) is 33.3 Å². The molecule has 1 N–H and O–H groups in total. The Morgan fingerprint density at radius 2 is 1.82 bits per heavy atom. The number of fused-ring (bicyclic) bond motifs is 1. The highest BCUT2D eigenvalue weighted by Crippen LogP contribution is 2.32. The molecule has 6 heteroatoms. The van der Waals surface area contributed by atoms with Crippen LogP contribution >= 0.6 is 11.6 Å². The predicted molar refractivity (Wildman–Crippen MR) is 111 cm³/mol. The summed E-state index contributed by atoms with van der Waals surface area (Å²) in [6.45, 7) is 0.798. The van der Waals surface area contributed by atoms with Gasteiger partial charge >= 0.3 is 0 Å². The molecule has 4 aromatic rings. The second-order valence-electron chi connectivity index (χ2n) is 6.91. The Morgan fingerprint density at radius 1 is 1.00 bits per heavy atom. The number of halogens is 1. The number of H-pyrrole nitrogens is 1. The van der Waals surface area contributed by atoms with Gasteiger partial charge in [0.15, 0.2) is 0 Å². The largest absolute Gasteiger partial charge is 0.346 e. The first kappa shape index (κ1) is 17.0. The summed E-state index contributed by atoms with van der Waals surface area (Å²) in [5, 5.41) is 1.57. The fraction of sp³-hybridized carbons (Fsp3) is 0.136. The molecule has 0 aliphatic carbocycles. The summed E-state index contributed by atoms with van der Waals surface area (Å²) in [6, 6.07) is 12.1. The lowest BCUT2D eigenvalue weighted by Gasteiger charge is -2.16. The summed E-state index contributed by atoms with van der Waals surface area (Å²) in [5.74, 6) is 0.197. The highest BCUT2D eigenvalue weighted by Gasteiger charge is 2.21. The zero-order valence-corrected chi connectivity index (χ0v) is 15.8. The first-order valence-corrected chi connectivity index (χ1v) is 9.56. The van der Waals surface area contributed by atoms with Crippen molar-refractivity contribution in [2.75, 3.05) is 11.4 Å². The summed E-state index contributed by atoms with van der Waals surface area (Å²) in [4.78, 5) is 25.7. The Kier molecular flexibility index (Phi) is 4.10. The van der Waals surface area contributed by atoms with Gasteiger partial charge in [-0.05, 0) is 36.2 Å². The highest BCUT2D eigenvalue weighted by atomic mass is 35.5.